The molecule has 3 heterocycles. The zero-order valence-electron chi connectivity index (χ0n) is 12.6. The second kappa shape index (κ2) is 6.11. The SMILES string of the molecule is CCNC(=O)[C@H]1O[C@H](c2nc(C(N)=O)nc3[nH]cnc23)[C@H](O)[C@@H]1O. The number of aliphatic hydroxyl groups is 2. The summed E-state index contributed by atoms with van der Waals surface area (Å²) < 4.78 is 5.49. The maximum Gasteiger partial charge on any atom is 0.286 e. The molecule has 1 aliphatic heterocycles. The van der Waals surface area contributed by atoms with Crippen molar-refractivity contribution >= 4 is 23.0 Å². The van der Waals surface area contributed by atoms with E-state index in [0.717, 1.165) is 0 Å². The summed E-state index contributed by atoms with van der Waals surface area (Å²) in [5.41, 5.74) is 5.73. The monoisotopic (exact) mass is 336 g/mol. The quantitative estimate of drug-likeness (QED) is 0.416. The Morgan fingerprint density at radius 2 is 2.12 bits per heavy atom. The second-order valence-electron chi connectivity index (χ2n) is 5.25. The molecule has 0 radical (unpaired) electrons. The van der Waals surface area contributed by atoms with Crippen molar-refractivity contribution in [2.45, 2.75) is 31.3 Å². The number of aliphatic hydroxyl groups excluding tert-OH is 2. The Morgan fingerprint density at radius 3 is 2.79 bits per heavy atom. The summed E-state index contributed by atoms with van der Waals surface area (Å²) in [6.07, 6.45) is -4.01. The normalized spacial score (nSPS) is 26.6. The highest BCUT2D eigenvalue weighted by atomic mass is 16.5. The van der Waals surface area contributed by atoms with Gasteiger partial charge in [-0.05, 0) is 6.92 Å². The summed E-state index contributed by atoms with van der Waals surface area (Å²) in [4.78, 5) is 37.9. The van der Waals surface area contributed by atoms with E-state index in [1.165, 1.54) is 6.33 Å². The van der Waals surface area contributed by atoms with Crippen LogP contribution in [0, 0.1) is 0 Å². The lowest BCUT2D eigenvalue weighted by Crippen LogP contribution is -2.42. The number of carbonyl (C=O) groups excluding carboxylic acids is 2. The van der Waals surface area contributed by atoms with Gasteiger partial charge in [0, 0.05) is 6.54 Å². The lowest BCUT2D eigenvalue weighted by atomic mass is 10.0. The minimum absolute atomic E-state index is 0.0633. The van der Waals surface area contributed by atoms with Crippen molar-refractivity contribution in [1.82, 2.24) is 25.3 Å². The first-order valence-corrected chi connectivity index (χ1v) is 7.24. The first-order valence-electron chi connectivity index (χ1n) is 7.24. The lowest BCUT2D eigenvalue weighted by Gasteiger charge is -2.14. The number of primary amides is 1. The van der Waals surface area contributed by atoms with E-state index in [-0.39, 0.29) is 22.7 Å². The number of nitrogens with one attached hydrogen (secondary N) is 2. The molecule has 0 spiro atoms. The van der Waals surface area contributed by atoms with E-state index in [1.54, 1.807) is 6.92 Å². The molecule has 0 aromatic carbocycles. The summed E-state index contributed by atoms with van der Waals surface area (Å²) in [6, 6.07) is 0. The number of carbonyl (C=O) groups is 2. The minimum Gasteiger partial charge on any atom is -0.387 e. The first-order chi connectivity index (χ1) is 11.4. The predicted molar refractivity (Wildman–Crippen MR) is 78.5 cm³/mol. The molecule has 1 aliphatic rings. The van der Waals surface area contributed by atoms with Gasteiger partial charge >= 0.3 is 0 Å². The van der Waals surface area contributed by atoms with Crippen LogP contribution in [0.15, 0.2) is 6.33 Å². The molecular weight excluding hydrogens is 320 g/mol. The summed E-state index contributed by atoms with van der Waals surface area (Å²) in [7, 11) is 0. The molecule has 24 heavy (non-hydrogen) atoms. The van der Waals surface area contributed by atoms with Crippen molar-refractivity contribution in [3.63, 3.8) is 0 Å². The summed E-state index contributed by atoms with van der Waals surface area (Å²) in [5.74, 6) is -1.73. The molecule has 0 saturated carbocycles. The smallest absolute Gasteiger partial charge is 0.286 e. The number of aromatic nitrogens is 4. The van der Waals surface area contributed by atoms with E-state index in [0.29, 0.717) is 6.54 Å². The molecule has 4 atom stereocenters. The maximum atomic E-state index is 11.9. The predicted octanol–water partition coefficient (Wildman–Crippen LogP) is -2.25. The Labute approximate surface area is 135 Å². The first kappa shape index (κ1) is 16.2. The van der Waals surface area contributed by atoms with Crippen LogP contribution in [-0.4, -0.2) is 66.8 Å². The average molecular weight is 336 g/mol. The third-order valence-electron chi connectivity index (χ3n) is 3.67. The van der Waals surface area contributed by atoms with Crippen molar-refractivity contribution in [3.05, 3.63) is 17.8 Å². The van der Waals surface area contributed by atoms with Gasteiger partial charge in [0.05, 0.1) is 6.33 Å². The molecule has 0 aliphatic carbocycles. The molecule has 128 valence electrons. The van der Waals surface area contributed by atoms with Crippen LogP contribution < -0.4 is 11.1 Å². The van der Waals surface area contributed by atoms with Gasteiger partial charge in [0.25, 0.3) is 11.8 Å². The van der Waals surface area contributed by atoms with Crippen molar-refractivity contribution in [1.29, 1.82) is 0 Å². The highest BCUT2D eigenvalue weighted by Gasteiger charge is 2.48. The van der Waals surface area contributed by atoms with Gasteiger partial charge in [0.1, 0.15) is 29.5 Å². The Morgan fingerprint density at radius 1 is 1.38 bits per heavy atom. The van der Waals surface area contributed by atoms with Crippen LogP contribution in [0.3, 0.4) is 0 Å². The molecule has 6 N–H and O–H groups in total. The van der Waals surface area contributed by atoms with Gasteiger partial charge in [-0.2, -0.15) is 0 Å². The van der Waals surface area contributed by atoms with E-state index < -0.39 is 36.2 Å². The summed E-state index contributed by atoms with van der Waals surface area (Å²) in [6.45, 7) is 2.05. The third-order valence-corrected chi connectivity index (χ3v) is 3.67. The average Bonchev–Trinajstić information content (AvgIpc) is 3.12. The van der Waals surface area contributed by atoms with E-state index in [9.17, 15) is 19.8 Å². The zero-order valence-corrected chi connectivity index (χ0v) is 12.6. The molecule has 1 fully saturated rings. The molecule has 2 amide bonds. The number of nitrogens with zero attached hydrogens (tertiary/aromatic N) is 3. The number of rotatable bonds is 4. The van der Waals surface area contributed by atoms with Gasteiger partial charge in [-0.1, -0.05) is 0 Å². The number of amides is 2. The van der Waals surface area contributed by atoms with Crippen LogP contribution in [-0.2, 0) is 9.53 Å². The summed E-state index contributed by atoms with van der Waals surface area (Å²) in [5, 5.41) is 22.9. The molecule has 2 aromatic heterocycles. The fraction of sp³-hybridized carbons (Fsp3) is 0.462. The molecule has 3 rings (SSSR count). The van der Waals surface area contributed by atoms with Crippen molar-refractivity contribution in [2.75, 3.05) is 6.54 Å². The van der Waals surface area contributed by atoms with Gasteiger partial charge in [0.2, 0.25) is 5.82 Å². The molecule has 2 aromatic rings. The fourth-order valence-corrected chi connectivity index (χ4v) is 2.56. The number of ether oxygens (including phenoxy) is 1. The van der Waals surface area contributed by atoms with Gasteiger partial charge < -0.3 is 31.0 Å². The zero-order chi connectivity index (χ0) is 17.4. The molecule has 0 unspecified atom stereocenters. The molecule has 0 bridgehead atoms. The van der Waals surface area contributed by atoms with E-state index >= 15 is 0 Å². The Kier molecular flexibility index (Phi) is 4.13. The van der Waals surface area contributed by atoms with Crippen LogP contribution in [0.2, 0.25) is 0 Å². The van der Waals surface area contributed by atoms with Crippen LogP contribution in [0.1, 0.15) is 29.3 Å². The van der Waals surface area contributed by atoms with Crippen molar-refractivity contribution < 1.29 is 24.5 Å². The Bertz CT molecular complexity index is 792. The number of nitrogens with two attached hydrogens (primary N) is 1. The number of imidazole rings is 1. The number of fused-ring (bicyclic) bond motifs is 1. The van der Waals surface area contributed by atoms with Gasteiger partial charge in [0.15, 0.2) is 11.8 Å². The van der Waals surface area contributed by atoms with Crippen LogP contribution >= 0.6 is 0 Å². The molecule has 1 saturated heterocycles. The van der Waals surface area contributed by atoms with Crippen LogP contribution in [0.25, 0.3) is 11.2 Å². The highest BCUT2D eigenvalue weighted by Crippen LogP contribution is 2.35. The molecule has 11 heteroatoms. The topological polar surface area (TPSA) is 176 Å². The number of hydrogen-bond donors (Lipinski definition) is 5. The highest BCUT2D eigenvalue weighted by molar-refractivity contribution is 5.91. The maximum absolute atomic E-state index is 11.9. The van der Waals surface area contributed by atoms with Crippen LogP contribution in [0.4, 0.5) is 0 Å². The van der Waals surface area contributed by atoms with E-state index in [4.69, 9.17) is 10.5 Å². The Hall–Kier alpha value is -2.63. The van der Waals surface area contributed by atoms with E-state index in [2.05, 4.69) is 25.3 Å². The number of H-pyrrole nitrogens is 1. The van der Waals surface area contributed by atoms with Crippen molar-refractivity contribution in [2.24, 2.45) is 5.73 Å². The van der Waals surface area contributed by atoms with Gasteiger partial charge in [-0.25, -0.2) is 15.0 Å². The number of hydrogen-bond acceptors (Lipinski definition) is 8. The fourth-order valence-electron chi connectivity index (χ4n) is 2.56. The second-order valence-corrected chi connectivity index (χ2v) is 5.25. The molecule has 11 nitrogen and oxygen atoms in total. The third kappa shape index (κ3) is 2.58. The lowest BCUT2D eigenvalue weighted by molar-refractivity contribution is -0.135. The summed E-state index contributed by atoms with van der Waals surface area (Å²) >= 11 is 0. The van der Waals surface area contributed by atoms with E-state index in [1.807, 2.05) is 0 Å². The van der Waals surface area contributed by atoms with Crippen molar-refractivity contribution in [3.8, 4) is 0 Å². The standard InChI is InChI=1S/C13H16N6O5/c1-2-15-13(23)9-7(21)6(20)8(24-9)4-5-11(17-3-16-5)19-12(18-4)10(14)22/h3,6-9,20-21H,2H2,1H3,(H2,14,22)(H,15,23)(H,16,17,18,19)/t6-,7+,8-,9+/m1/s1. The number of aromatic amines is 1. The van der Waals surface area contributed by atoms with Crippen LogP contribution in [0.5, 0.6) is 0 Å². The molecular formula is C13H16N6O5. The van der Waals surface area contributed by atoms with Gasteiger partial charge in [-0.3, -0.25) is 9.59 Å². The van der Waals surface area contributed by atoms with Gasteiger partial charge in [-0.15, -0.1) is 0 Å². The minimum atomic E-state index is -1.46. The largest absolute Gasteiger partial charge is 0.387 e. The Balaban J connectivity index is 2.02. The number of likely N-dealkylation sites (N-methyl/N-ethyl adjacent to an activating group) is 1.